The van der Waals surface area contributed by atoms with Crippen LogP contribution >= 0.6 is 0 Å². The van der Waals surface area contributed by atoms with Crippen molar-refractivity contribution in [2.24, 2.45) is 11.8 Å². The highest BCUT2D eigenvalue weighted by Crippen LogP contribution is 2.38. The molecule has 1 saturated carbocycles. The summed E-state index contributed by atoms with van der Waals surface area (Å²) in [6.07, 6.45) is -1.73. The van der Waals surface area contributed by atoms with Crippen molar-refractivity contribution in [1.29, 1.82) is 0 Å². The number of rotatable bonds is 4. The molecule has 0 heterocycles. The normalized spacial score (nSPS) is 29.7. The number of esters is 3. The maximum absolute atomic E-state index is 11.7. The summed E-state index contributed by atoms with van der Waals surface area (Å²) < 4.78 is 14.2. The Labute approximate surface area is 110 Å². The van der Waals surface area contributed by atoms with Gasteiger partial charge in [-0.3, -0.25) is 14.4 Å². The van der Waals surface area contributed by atoms with Gasteiger partial charge in [-0.25, -0.2) is 0 Å². The van der Waals surface area contributed by atoms with Gasteiger partial charge in [-0.15, -0.1) is 0 Å². The van der Waals surface area contributed by atoms with Crippen LogP contribution in [-0.4, -0.2) is 49.4 Å². The predicted octanol–water partition coefficient (Wildman–Crippen LogP) is -0.349. The molecule has 4 atom stereocenters. The molecule has 0 spiro atoms. The van der Waals surface area contributed by atoms with E-state index in [-0.39, 0.29) is 12.8 Å². The number of aliphatic hydroxyl groups is 1. The summed E-state index contributed by atoms with van der Waals surface area (Å²) in [7, 11) is 2.42. The second-order valence-electron chi connectivity index (χ2n) is 4.44. The molecule has 0 bridgehead atoms. The first-order valence-corrected chi connectivity index (χ1v) is 5.90. The molecule has 4 unspecified atom stereocenters. The second-order valence-corrected chi connectivity index (χ2v) is 4.44. The van der Waals surface area contributed by atoms with Crippen LogP contribution in [0.4, 0.5) is 0 Å². The molecule has 1 rings (SSSR count). The van der Waals surface area contributed by atoms with Crippen LogP contribution in [0.15, 0.2) is 0 Å². The summed E-state index contributed by atoms with van der Waals surface area (Å²) in [4.78, 5) is 34.0. The molecule has 1 aliphatic carbocycles. The van der Waals surface area contributed by atoms with E-state index in [0.717, 1.165) is 0 Å². The zero-order chi connectivity index (χ0) is 14.6. The standard InChI is InChI=1S/C12H18O7/c1-6(13)19-9-5-8(14)11(12(16)18-3)7(9)4-10(15)17-2/h7-9,11,14H,4-5H2,1-3H3. The van der Waals surface area contributed by atoms with Gasteiger partial charge in [-0.1, -0.05) is 0 Å². The van der Waals surface area contributed by atoms with Gasteiger partial charge in [-0.2, -0.15) is 0 Å². The van der Waals surface area contributed by atoms with E-state index in [0.29, 0.717) is 0 Å². The summed E-state index contributed by atoms with van der Waals surface area (Å²) in [5.41, 5.74) is 0. The smallest absolute Gasteiger partial charge is 0.311 e. The van der Waals surface area contributed by atoms with E-state index in [1.165, 1.54) is 21.1 Å². The first-order valence-electron chi connectivity index (χ1n) is 5.90. The number of hydrogen-bond donors (Lipinski definition) is 1. The molecule has 0 aromatic carbocycles. The van der Waals surface area contributed by atoms with Crippen LogP contribution in [0.5, 0.6) is 0 Å². The van der Waals surface area contributed by atoms with Gasteiger partial charge < -0.3 is 19.3 Å². The zero-order valence-corrected chi connectivity index (χ0v) is 11.1. The predicted molar refractivity (Wildman–Crippen MR) is 61.8 cm³/mol. The van der Waals surface area contributed by atoms with Crippen LogP contribution in [-0.2, 0) is 28.6 Å². The molecule has 1 N–H and O–H groups in total. The molecule has 0 amide bonds. The van der Waals surface area contributed by atoms with E-state index in [2.05, 4.69) is 9.47 Å². The topological polar surface area (TPSA) is 99.1 Å². The van der Waals surface area contributed by atoms with Gasteiger partial charge >= 0.3 is 17.9 Å². The van der Waals surface area contributed by atoms with Crippen LogP contribution in [0.1, 0.15) is 19.8 Å². The zero-order valence-electron chi connectivity index (χ0n) is 11.1. The van der Waals surface area contributed by atoms with E-state index in [9.17, 15) is 19.5 Å². The molecular weight excluding hydrogens is 256 g/mol. The Morgan fingerprint density at radius 3 is 2.32 bits per heavy atom. The minimum Gasteiger partial charge on any atom is -0.469 e. The fourth-order valence-corrected chi connectivity index (χ4v) is 2.43. The van der Waals surface area contributed by atoms with Crippen molar-refractivity contribution in [3.8, 4) is 0 Å². The maximum atomic E-state index is 11.7. The van der Waals surface area contributed by atoms with Crippen molar-refractivity contribution in [3.05, 3.63) is 0 Å². The van der Waals surface area contributed by atoms with Crippen molar-refractivity contribution < 1.29 is 33.7 Å². The highest BCUT2D eigenvalue weighted by molar-refractivity contribution is 5.76. The number of carbonyl (C=O) groups is 3. The number of aliphatic hydroxyl groups excluding tert-OH is 1. The Bertz CT molecular complexity index is 365. The van der Waals surface area contributed by atoms with Crippen LogP contribution < -0.4 is 0 Å². The first kappa shape index (κ1) is 15.4. The molecular formula is C12H18O7. The van der Waals surface area contributed by atoms with Crippen molar-refractivity contribution in [2.75, 3.05) is 14.2 Å². The second kappa shape index (κ2) is 6.51. The van der Waals surface area contributed by atoms with Crippen molar-refractivity contribution in [2.45, 2.75) is 32.0 Å². The Morgan fingerprint density at radius 2 is 1.84 bits per heavy atom. The van der Waals surface area contributed by atoms with Crippen LogP contribution in [0.25, 0.3) is 0 Å². The Hall–Kier alpha value is -1.63. The molecule has 7 nitrogen and oxygen atoms in total. The Balaban J connectivity index is 2.91. The van der Waals surface area contributed by atoms with Crippen LogP contribution in [0.3, 0.4) is 0 Å². The molecule has 19 heavy (non-hydrogen) atoms. The third kappa shape index (κ3) is 3.66. The van der Waals surface area contributed by atoms with Crippen molar-refractivity contribution >= 4 is 17.9 Å². The maximum Gasteiger partial charge on any atom is 0.311 e. The van der Waals surface area contributed by atoms with Gasteiger partial charge in [0.2, 0.25) is 0 Å². The monoisotopic (exact) mass is 274 g/mol. The van der Waals surface area contributed by atoms with E-state index in [1.54, 1.807) is 0 Å². The van der Waals surface area contributed by atoms with Gasteiger partial charge in [0.25, 0.3) is 0 Å². The minimum absolute atomic E-state index is 0.0982. The fourth-order valence-electron chi connectivity index (χ4n) is 2.43. The summed E-state index contributed by atoms with van der Waals surface area (Å²) in [6.45, 7) is 1.23. The fraction of sp³-hybridized carbons (Fsp3) is 0.750. The van der Waals surface area contributed by atoms with Gasteiger partial charge in [-0.05, 0) is 0 Å². The SMILES string of the molecule is COC(=O)CC1C(OC(C)=O)CC(O)C1C(=O)OC. The van der Waals surface area contributed by atoms with Gasteiger partial charge in [0.05, 0.1) is 32.7 Å². The molecule has 0 aromatic heterocycles. The van der Waals surface area contributed by atoms with Crippen LogP contribution in [0.2, 0.25) is 0 Å². The molecule has 0 saturated heterocycles. The largest absolute Gasteiger partial charge is 0.469 e. The lowest BCUT2D eigenvalue weighted by Gasteiger charge is -2.22. The quantitative estimate of drug-likeness (QED) is 0.552. The number of hydrogen-bond acceptors (Lipinski definition) is 7. The molecule has 1 fully saturated rings. The lowest BCUT2D eigenvalue weighted by molar-refractivity contribution is -0.157. The molecule has 7 heteroatoms. The number of carbonyl (C=O) groups excluding carboxylic acids is 3. The number of methoxy groups -OCH3 is 2. The first-order chi connectivity index (χ1) is 8.90. The summed E-state index contributed by atoms with van der Waals surface area (Å²) >= 11 is 0. The lowest BCUT2D eigenvalue weighted by Crippen LogP contribution is -2.33. The number of ether oxygens (including phenoxy) is 3. The Kier molecular flexibility index (Phi) is 5.29. The van der Waals surface area contributed by atoms with E-state index < -0.39 is 42.0 Å². The third-order valence-electron chi connectivity index (χ3n) is 3.25. The van der Waals surface area contributed by atoms with Crippen molar-refractivity contribution in [1.82, 2.24) is 0 Å². The molecule has 0 aromatic rings. The summed E-state index contributed by atoms with van der Waals surface area (Å²) in [6, 6.07) is 0. The minimum atomic E-state index is -1.01. The average molecular weight is 274 g/mol. The van der Waals surface area contributed by atoms with Gasteiger partial charge in [0.15, 0.2) is 0 Å². The average Bonchev–Trinajstić information content (AvgIpc) is 2.63. The Morgan fingerprint density at radius 1 is 1.21 bits per heavy atom. The third-order valence-corrected chi connectivity index (χ3v) is 3.25. The highest BCUT2D eigenvalue weighted by atomic mass is 16.5. The van der Waals surface area contributed by atoms with E-state index in [1.807, 2.05) is 0 Å². The van der Waals surface area contributed by atoms with Crippen LogP contribution in [0, 0.1) is 11.8 Å². The van der Waals surface area contributed by atoms with Crippen molar-refractivity contribution in [3.63, 3.8) is 0 Å². The summed E-state index contributed by atoms with van der Waals surface area (Å²) in [5, 5.41) is 9.89. The molecule has 0 radical (unpaired) electrons. The highest BCUT2D eigenvalue weighted by Gasteiger charge is 2.49. The van der Waals surface area contributed by atoms with Gasteiger partial charge in [0, 0.05) is 19.3 Å². The molecule has 0 aliphatic heterocycles. The van der Waals surface area contributed by atoms with Gasteiger partial charge in [0.1, 0.15) is 6.10 Å². The lowest BCUT2D eigenvalue weighted by atomic mass is 9.90. The summed E-state index contributed by atoms with van der Waals surface area (Å²) in [5.74, 6) is -3.23. The van der Waals surface area contributed by atoms with E-state index >= 15 is 0 Å². The molecule has 1 aliphatic rings. The van der Waals surface area contributed by atoms with E-state index in [4.69, 9.17) is 4.74 Å². The molecule has 108 valence electrons.